The van der Waals surface area contributed by atoms with Gasteiger partial charge in [0.2, 0.25) is 12.2 Å². The molecule has 0 bridgehead atoms. The minimum Gasteiger partial charge on any atom is -0.495 e. The van der Waals surface area contributed by atoms with Crippen molar-refractivity contribution < 1.29 is 9.53 Å². The third-order valence-corrected chi connectivity index (χ3v) is 6.31. The number of para-hydroxylation sites is 1. The quantitative estimate of drug-likeness (QED) is 0.279. The van der Waals surface area contributed by atoms with Crippen molar-refractivity contribution in [1.82, 2.24) is 9.80 Å². The zero-order valence-electron chi connectivity index (χ0n) is 20.1. The molecular weight excluding hydrogens is 476 g/mol. The number of piperazine rings is 1. The zero-order valence-corrected chi connectivity index (χ0v) is 20.9. The number of guanidine groups is 1. The van der Waals surface area contributed by atoms with E-state index in [1.807, 2.05) is 72.6 Å². The molecule has 0 saturated carbocycles. The van der Waals surface area contributed by atoms with E-state index < -0.39 is 0 Å². The van der Waals surface area contributed by atoms with Gasteiger partial charge in [0.25, 0.3) is 0 Å². The average molecular weight is 503 g/mol. The highest BCUT2D eigenvalue weighted by atomic mass is 35.5. The number of nitrogens with one attached hydrogen (secondary N) is 2. The third-order valence-electron chi connectivity index (χ3n) is 6.08. The molecule has 36 heavy (non-hydrogen) atoms. The number of aryl methyl sites for hydroxylation is 1. The first-order valence-electron chi connectivity index (χ1n) is 11.5. The summed E-state index contributed by atoms with van der Waals surface area (Å²) in [6.45, 7) is 3.34. The van der Waals surface area contributed by atoms with E-state index in [0.29, 0.717) is 42.1 Å². The first-order chi connectivity index (χ1) is 17.5. The van der Waals surface area contributed by atoms with Gasteiger partial charge in [-0.25, -0.2) is 4.79 Å². The van der Waals surface area contributed by atoms with Crippen LogP contribution in [0.4, 0.5) is 16.2 Å². The van der Waals surface area contributed by atoms with E-state index >= 15 is 0 Å². The van der Waals surface area contributed by atoms with Crippen LogP contribution in [0.3, 0.4) is 0 Å². The molecule has 9 heteroatoms. The molecule has 1 aliphatic rings. The molecule has 2 amide bonds. The maximum Gasteiger partial charge on any atom is 0.322 e. The van der Waals surface area contributed by atoms with E-state index in [1.165, 1.54) is 0 Å². The minimum absolute atomic E-state index is 0.269. The first-order valence-corrected chi connectivity index (χ1v) is 11.9. The molecule has 3 aromatic rings. The molecule has 1 fully saturated rings. The van der Waals surface area contributed by atoms with Gasteiger partial charge in [0.05, 0.1) is 18.8 Å². The summed E-state index contributed by atoms with van der Waals surface area (Å²) in [5.74, 6) is 0.970. The number of aliphatic imine (C=N–C) groups is 1. The van der Waals surface area contributed by atoms with Crippen molar-refractivity contribution in [3.8, 4) is 11.9 Å². The van der Waals surface area contributed by atoms with Crippen LogP contribution in [0.1, 0.15) is 17.2 Å². The Morgan fingerprint density at radius 3 is 2.53 bits per heavy atom. The predicted molar refractivity (Wildman–Crippen MR) is 142 cm³/mol. The number of halogens is 1. The van der Waals surface area contributed by atoms with Gasteiger partial charge >= 0.3 is 6.03 Å². The second kappa shape index (κ2) is 11.5. The molecule has 0 aromatic heterocycles. The molecule has 1 heterocycles. The fourth-order valence-electron chi connectivity index (χ4n) is 4.20. The lowest BCUT2D eigenvalue weighted by atomic mass is 10.0. The van der Waals surface area contributed by atoms with Gasteiger partial charge in [-0.15, -0.1) is 4.99 Å². The SMILES string of the molecule is COc1ccc(Cl)cc1NC(=O)N1CCN(/C(=N\C#N)Nc2ccccc2C)CC1c1ccccc1. The Morgan fingerprint density at radius 2 is 1.81 bits per heavy atom. The fraction of sp³-hybridized carbons (Fsp3) is 0.222. The van der Waals surface area contributed by atoms with E-state index in [9.17, 15) is 10.1 Å². The monoisotopic (exact) mass is 502 g/mol. The Labute approximate surface area is 215 Å². The van der Waals surface area contributed by atoms with Crippen molar-refractivity contribution >= 4 is 35.0 Å². The predicted octanol–water partition coefficient (Wildman–Crippen LogP) is 5.50. The Kier molecular flexibility index (Phi) is 7.93. The van der Waals surface area contributed by atoms with Gasteiger partial charge in [-0.1, -0.05) is 60.1 Å². The van der Waals surface area contributed by atoms with Gasteiger partial charge in [0.15, 0.2) is 0 Å². The van der Waals surface area contributed by atoms with Gasteiger partial charge in [-0.3, -0.25) is 0 Å². The van der Waals surface area contributed by atoms with Crippen molar-refractivity contribution in [3.05, 3.63) is 88.9 Å². The maximum absolute atomic E-state index is 13.5. The molecular formula is C27H27ClN6O2. The average Bonchev–Trinajstić information content (AvgIpc) is 2.90. The van der Waals surface area contributed by atoms with Crippen LogP contribution in [0.25, 0.3) is 0 Å². The van der Waals surface area contributed by atoms with Crippen LogP contribution in [0.5, 0.6) is 5.75 Å². The van der Waals surface area contributed by atoms with Gasteiger partial charge in [0, 0.05) is 30.3 Å². The molecule has 0 aliphatic carbocycles. The maximum atomic E-state index is 13.5. The third kappa shape index (κ3) is 5.70. The van der Waals surface area contributed by atoms with Gasteiger partial charge in [-0.2, -0.15) is 5.26 Å². The normalized spacial score (nSPS) is 15.7. The van der Waals surface area contributed by atoms with Crippen molar-refractivity contribution in [1.29, 1.82) is 5.26 Å². The Bertz CT molecular complexity index is 1290. The molecule has 184 valence electrons. The van der Waals surface area contributed by atoms with Crippen molar-refractivity contribution in [2.24, 2.45) is 4.99 Å². The molecule has 2 N–H and O–H groups in total. The van der Waals surface area contributed by atoms with E-state index in [2.05, 4.69) is 15.6 Å². The van der Waals surface area contributed by atoms with Gasteiger partial charge in [-0.05, 0) is 42.3 Å². The number of amides is 2. The van der Waals surface area contributed by atoms with Crippen LogP contribution >= 0.6 is 11.6 Å². The van der Waals surface area contributed by atoms with E-state index in [-0.39, 0.29) is 12.1 Å². The summed E-state index contributed by atoms with van der Waals surface area (Å²) >= 11 is 6.16. The van der Waals surface area contributed by atoms with Crippen molar-refractivity contribution in [2.75, 3.05) is 37.4 Å². The smallest absolute Gasteiger partial charge is 0.322 e. The molecule has 4 rings (SSSR count). The molecule has 1 atom stereocenters. The molecule has 8 nitrogen and oxygen atoms in total. The number of nitrogens with zero attached hydrogens (tertiary/aromatic N) is 4. The number of carbonyl (C=O) groups excluding carboxylic acids is 1. The van der Waals surface area contributed by atoms with Crippen molar-refractivity contribution in [3.63, 3.8) is 0 Å². The second-order valence-corrected chi connectivity index (χ2v) is 8.75. The van der Waals surface area contributed by atoms with Gasteiger partial charge < -0.3 is 25.2 Å². The summed E-state index contributed by atoms with van der Waals surface area (Å²) in [7, 11) is 1.54. The number of ether oxygens (including phenoxy) is 1. The molecule has 1 aliphatic heterocycles. The zero-order chi connectivity index (χ0) is 25.5. The lowest BCUT2D eigenvalue weighted by Crippen LogP contribution is -2.54. The molecule has 1 unspecified atom stereocenters. The number of nitriles is 1. The molecule has 3 aromatic carbocycles. The number of carbonyl (C=O) groups is 1. The highest BCUT2D eigenvalue weighted by Gasteiger charge is 2.33. The Morgan fingerprint density at radius 1 is 1.06 bits per heavy atom. The minimum atomic E-state index is -0.285. The lowest BCUT2D eigenvalue weighted by molar-refractivity contribution is 0.136. The molecule has 0 radical (unpaired) electrons. The summed E-state index contributed by atoms with van der Waals surface area (Å²) in [6, 6.07) is 22.2. The van der Waals surface area contributed by atoms with E-state index in [1.54, 1.807) is 30.2 Å². The Hall–Kier alpha value is -4.22. The summed E-state index contributed by atoms with van der Waals surface area (Å²) in [5.41, 5.74) is 3.38. The largest absolute Gasteiger partial charge is 0.495 e. The standard InChI is InChI=1S/C27H27ClN6O2/c1-19-8-6-7-11-22(19)31-26(30-18-29)33-14-15-34(24(17-33)20-9-4-3-5-10-20)27(35)32-23-16-21(28)12-13-25(23)36-2/h3-13,16,24H,14-15,17H2,1-2H3,(H,30,31)(H,32,35). The number of benzene rings is 3. The topological polar surface area (TPSA) is 93.0 Å². The number of rotatable bonds is 4. The highest BCUT2D eigenvalue weighted by Crippen LogP contribution is 2.31. The van der Waals surface area contributed by atoms with Crippen molar-refractivity contribution in [2.45, 2.75) is 13.0 Å². The number of urea groups is 1. The summed E-state index contributed by atoms with van der Waals surface area (Å²) in [5, 5.41) is 16.1. The molecule has 1 saturated heterocycles. The number of hydrogen-bond donors (Lipinski definition) is 2. The van der Waals surface area contributed by atoms with E-state index in [4.69, 9.17) is 16.3 Å². The lowest BCUT2D eigenvalue weighted by Gasteiger charge is -2.42. The van der Waals surface area contributed by atoms with Crippen LogP contribution in [0, 0.1) is 18.4 Å². The van der Waals surface area contributed by atoms with Crippen LogP contribution < -0.4 is 15.4 Å². The number of methoxy groups -OCH3 is 1. The van der Waals surface area contributed by atoms with Gasteiger partial charge in [0.1, 0.15) is 5.75 Å². The summed E-state index contributed by atoms with van der Waals surface area (Å²) < 4.78 is 5.39. The second-order valence-electron chi connectivity index (χ2n) is 8.32. The summed E-state index contributed by atoms with van der Waals surface area (Å²) in [4.78, 5) is 21.3. The highest BCUT2D eigenvalue weighted by molar-refractivity contribution is 6.31. The summed E-state index contributed by atoms with van der Waals surface area (Å²) in [6.07, 6.45) is 1.91. The first kappa shape index (κ1) is 24.9. The number of anilines is 2. The van der Waals surface area contributed by atoms with Crippen LogP contribution in [0.2, 0.25) is 5.02 Å². The van der Waals surface area contributed by atoms with Crippen LogP contribution in [-0.2, 0) is 0 Å². The fourth-order valence-corrected chi connectivity index (χ4v) is 4.37. The van der Waals surface area contributed by atoms with Crippen LogP contribution in [-0.4, -0.2) is 48.5 Å². The number of hydrogen-bond acceptors (Lipinski definition) is 4. The van der Waals surface area contributed by atoms with E-state index in [0.717, 1.165) is 16.8 Å². The Balaban J connectivity index is 1.60. The van der Waals surface area contributed by atoms with Crippen LogP contribution in [0.15, 0.2) is 77.8 Å². The molecule has 0 spiro atoms.